The number of aromatic nitrogens is 1. The Morgan fingerprint density at radius 2 is 2.00 bits per heavy atom. The molecule has 0 spiro atoms. The minimum Gasteiger partial charge on any atom is -0.452 e. The first-order chi connectivity index (χ1) is 9.56. The molecule has 0 atom stereocenters. The average molecular weight is 335 g/mol. The molecule has 0 aliphatic carbocycles. The number of rotatable bonds is 3. The molecule has 1 heterocycles. The second-order valence-electron chi connectivity index (χ2n) is 4.20. The summed E-state index contributed by atoms with van der Waals surface area (Å²) in [7, 11) is 0. The van der Waals surface area contributed by atoms with Crippen LogP contribution in [0.25, 0.3) is 0 Å². The van der Waals surface area contributed by atoms with Gasteiger partial charge in [-0.2, -0.15) is 5.26 Å². The summed E-state index contributed by atoms with van der Waals surface area (Å²) in [6.07, 6.45) is 0.691. The van der Waals surface area contributed by atoms with Crippen LogP contribution >= 0.6 is 15.9 Å². The van der Waals surface area contributed by atoms with Gasteiger partial charge in [0.15, 0.2) is 11.6 Å². The molecule has 0 N–H and O–H groups in total. The molecule has 0 saturated carbocycles. The summed E-state index contributed by atoms with van der Waals surface area (Å²) in [6.45, 7) is 3.85. The Morgan fingerprint density at radius 3 is 2.65 bits per heavy atom. The lowest BCUT2D eigenvalue weighted by Crippen LogP contribution is -1.98. The van der Waals surface area contributed by atoms with Crippen LogP contribution in [0.15, 0.2) is 28.7 Å². The van der Waals surface area contributed by atoms with Crippen LogP contribution in [0.3, 0.4) is 0 Å². The Kier molecular flexibility index (Phi) is 4.35. The van der Waals surface area contributed by atoms with Crippen molar-refractivity contribution in [1.82, 2.24) is 4.98 Å². The second kappa shape index (κ2) is 6.02. The zero-order chi connectivity index (χ0) is 14.7. The highest BCUT2D eigenvalue weighted by molar-refractivity contribution is 9.10. The molecule has 0 aliphatic rings. The molecule has 1 aromatic carbocycles. The molecule has 0 amide bonds. The first kappa shape index (κ1) is 14.5. The fourth-order valence-corrected chi connectivity index (χ4v) is 2.18. The highest BCUT2D eigenvalue weighted by Gasteiger charge is 2.14. The number of halogens is 2. The first-order valence-corrected chi connectivity index (χ1v) is 6.88. The van der Waals surface area contributed by atoms with Gasteiger partial charge < -0.3 is 4.74 Å². The molecule has 1 aromatic heterocycles. The molecule has 0 aliphatic heterocycles. The standard InChI is InChI=1S/C15H12BrFN2O/c1-3-11-12(6-4-9(2)19-11)20-13-7-5-10(8-18)14(16)15(13)17/h4-7H,3H2,1-2H3. The topological polar surface area (TPSA) is 45.9 Å². The van der Waals surface area contributed by atoms with Crippen molar-refractivity contribution >= 4 is 15.9 Å². The van der Waals surface area contributed by atoms with E-state index in [0.29, 0.717) is 12.2 Å². The monoisotopic (exact) mass is 334 g/mol. The van der Waals surface area contributed by atoms with Gasteiger partial charge in [0.1, 0.15) is 11.8 Å². The van der Waals surface area contributed by atoms with Gasteiger partial charge in [-0.3, -0.25) is 4.98 Å². The number of benzene rings is 1. The Balaban J connectivity index is 2.41. The van der Waals surface area contributed by atoms with Crippen molar-refractivity contribution in [1.29, 1.82) is 5.26 Å². The first-order valence-electron chi connectivity index (χ1n) is 6.09. The lowest BCUT2D eigenvalue weighted by molar-refractivity contribution is 0.433. The van der Waals surface area contributed by atoms with Gasteiger partial charge in [-0.15, -0.1) is 0 Å². The predicted molar refractivity (Wildman–Crippen MR) is 77.2 cm³/mol. The smallest absolute Gasteiger partial charge is 0.181 e. The fraction of sp³-hybridized carbons (Fsp3) is 0.200. The lowest BCUT2D eigenvalue weighted by atomic mass is 10.2. The van der Waals surface area contributed by atoms with Gasteiger partial charge in [0.25, 0.3) is 0 Å². The minimum absolute atomic E-state index is 0.0660. The number of pyridine rings is 1. The van der Waals surface area contributed by atoms with Crippen LogP contribution in [0.1, 0.15) is 23.9 Å². The summed E-state index contributed by atoms with van der Waals surface area (Å²) in [5.41, 5.74) is 1.88. The van der Waals surface area contributed by atoms with Crippen molar-refractivity contribution in [3.63, 3.8) is 0 Å². The van der Waals surface area contributed by atoms with E-state index in [0.717, 1.165) is 11.4 Å². The molecular formula is C15H12BrFN2O. The quantitative estimate of drug-likeness (QED) is 0.829. The molecule has 2 rings (SSSR count). The molecule has 5 heteroatoms. The molecule has 3 nitrogen and oxygen atoms in total. The lowest BCUT2D eigenvalue weighted by Gasteiger charge is -2.11. The maximum atomic E-state index is 14.1. The van der Waals surface area contributed by atoms with E-state index < -0.39 is 5.82 Å². The highest BCUT2D eigenvalue weighted by atomic mass is 79.9. The molecule has 0 fully saturated rings. The summed E-state index contributed by atoms with van der Waals surface area (Å²) >= 11 is 3.06. The summed E-state index contributed by atoms with van der Waals surface area (Å²) < 4.78 is 19.8. The number of aryl methyl sites for hydroxylation is 2. The molecule has 0 bridgehead atoms. The van der Waals surface area contributed by atoms with Crippen LogP contribution in [0.2, 0.25) is 0 Å². The third-order valence-corrected chi connectivity index (χ3v) is 3.57. The van der Waals surface area contributed by atoms with E-state index in [1.54, 1.807) is 6.07 Å². The minimum atomic E-state index is -0.591. The zero-order valence-corrected chi connectivity index (χ0v) is 12.7. The van der Waals surface area contributed by atoms with Crippen molar-refractivity contribution in [3.8, 4) is 17.6 Å². The highest BCUT2D eigenvalue weighted by Crippen LogP contribution is 2.32. The van der Waals surface area contributed by atoms with E-state index in [-0.39, 0.29) is 15.8 Å². The number of nitriles is 1. The van der Waals surface area contributed by atoms with Crippen LogP contribution in [-0.2, 0) is 6.42 Å². The van der Waals surface area contributed by atoms with Gasteiger partial charge in [-0.25, -0.2) is 4.39 Å². The second-order valence-corrected chi connectivity index (χ2v) is 5.00. The predicted octanol–water partition coefficient (Wildman–Crippen LogP) is 4.52. The molecular weight excluding hydrogens is 323 g/mol. The maximum absolute atomic E-state index is 14.1. The number of nitrogens with zero attached hydrogens (tertiary/aromatic N) is 2. The van der Waals surface area contributed by atoms with Gasteiger partial charge in [-0.1, -0.05) is 6.92 Å². The van der Waals surface area contributed by atoms with Gasteiger partial charge in [0, 0.05) is 5.69 Å². The number of hydrogen-bond donors (Lipinski definition) is 0. The van der Waals surface area contributed by atoms with Crippen LogP contribution in [-0.4, -0.2) is 4.98 Å². The molecule has 20 heavy (non-hydrogen) atoms. The number of hydrogen-bond acceptors (Lipinski definition) is 3. The van der Waals surface area contributed by atoms with E-state index in [1.165, 1.54) is 12.1 Å². The molecule has 0 radical (unpaired) electrons. The summed E-state index contributed by atoms with van der Waals surface area (Å²) in [5, 5.41) is 8.84. The van der Waals surface area contributed by atoms with E-state index in [9.17, 15) is 4.39 Å². The van der Waals surface area contributed by atoms with E-state index in [2.05, 4.69) is 20.9 Å². The van der Waals surface area contributed by atoms with E-state index in [1.807, 2.05) is 26.0 Å². The largest absolute Gasteiger partial charge is 0.452 e. The van der Waals surface area contributed by atoms with E-state index >= 15 is 0 Å². The Labute approximate surface area is 125 Å². The Hall–Kier alpha value is -1.93. The van der Waals surface area contributed by atoms with Gasteiger partial charge >= 0.3 is 0 Å². The average Bonchev–Trinajstić information content (AvgIpc) is 2.45. The molecule has 0 saturated heterocycles. The van der Waals surface area contributed by atoms with Crippen LogP contribution in [0, 0.1) is 24.1 Å². The molecule has 0 unspecified atom stereocenters. The molecule has 102 valence electrons. The van der Waals surface area contributed by atoms with Gasteiger partial charge in [-0.05, 0) is 53.5 Å². The van der Waals surface area contributed by atoms with Crippen LogP contribution in [0.5, 0.6) is 11.5 Å². The van der Waals surface area contributed by atoms with Gasteiger partial charge in [0.2, 0.25) is 0 Å². The SMILES string of the molecule is CCc1nc(C)ccc1Oc1ccc(C#N)c(Br)c1F. The summed E-state index contributed by atoms with van der Waals surface area (Å²) in [4.78, 5) is 4.36. The number of ether oxygens (including phenoxy) is 1. The van der Waals surface area contributed by atoms with Crippen LogP contribution < -0.4 is 4.74 Å². The third kappa shape index (κ3) is 2.81. The van der Waals surface area contributed by atoms with E-state index in [4.69, 9.17) is 10.00 Å². The van der Waals surface area contributed by atoms with Crippen molar-refractivity contribution in [2.75, 3.05) is 0 Å². The van der Waals surface area contributed by atoms with Crippen molar-refractivity contribution in [3.05, 3.63) is 51.5 Å². The summed E-state index contributed by atoms with van der Waals surface area (Å²) in [5.74, 6) is -0.00323. The zero-order valence-electron chi connectivity index (χ0n) is 11.1. The fourth-order valence-electron chi connectivity index (χ4n) is 1.76. The van der Waals surface area contributed by atoms with Crippen molar-refractivity contribution in [2.45, 2.75) is 20.3 Å². The van der Waals surface area contributed by atoms with Crippen LogP contribution in [0.4, 0.5) is 4.39 Å². The maximum Gasteiger partial charge on any atom is 0.181 e. The van der Waals surface area contributed by atoms with Crippen molar-refractivity contribution < 1.29 is 9.13 Å². The van der Waals surface area contributed by atoms with Gasteiger partial charge in [0.05, 0.1) is 15.7 Å². The third-order valence-electron chi connectivity index (χ3n) is 2.79. The Morgan fingerprint density at radius 1 is 1.30 bits per heavy atom. The summed E-state index contributed by atoms with van der Waals surface area (Å²) in [6, 6.07) is 8.44. The normalized spacial score (nSPS) is 10.2. The molecule has 2 aromatic rings. The van der Waals surface area contributed by atoms with Crippen molar-refractivity contribution in [2.24, 2.45) is 0 Å². The Bertz CT molecular complexity index is 695.